The minimum absolute atomic E-state index is 0.00545. The number of benzene rings is 2. The summed E-state index contributed by atoms with van der Waals surface area (Å²) in [5.41, 5.74) is 6.89. The first-order valence-electron chi connectivity index (χ1n) is 5.54. The van der Waals surface area contributed by atoms with E-state index in [2.05, 4.69) is 15.9 Å². The van der Waals surface area contributed by atoms with Gasteiger partial charge < -0.3 is 10.5 Å². The van der Waals surface area contributed by atoms with Crippen LogP contribution in [0.25, 0.3) is 0 Å². The molecule has 4 heteroatoms. The van der Waals surface area contributed by atoms with E-state index in [1.807, 2.05) is 37.3 Å². The molecular formula is C14H13BrClNO. The fraction of sp³-hybridized carbons (Fsp3) is 0.143. The van der Waals surface area contributed by atoms with E-state index < -0.39 is 0 Å². The average molecular weight is 327 g/mol. The lowest BCUT2D eigenvalue weighted by molar-refractivity contribution is 0.479. The van der Waals surface area contributed by atoms with E-state index in [9.17, 15) is 0 Å². The van der Waals surface area contributed by atoms with Gasteiger partial charge in [-0.05, 0) is 64.8 Å². The molecule has 0 heterocycles. The Labute approximate surface area is 120 Å². The van der Waals surface area contributed by atoms with Gasteiger partial charge in [0.2, 0.25) is 0 Å². The van der Waals surface area contributed by atoms with Gasteiger partial charge >= 0.3 is 0 Å². The number of halogens is 2. The van der Waals surface area contributed by atoms with E-state index in [1.54, 1.807) is 12.1 Å². The van der Waals surface area contributed by atoms with E-state index in [0.717, 1.165) is 21.5 Å². The van der Waals surface area contributed by atoms with Crippen molar-refractivity contribution in [3.05, 3.63) is 57.5 Å². The Kier molecular flexibility index (Phi) is 4.27. The molecule has 0 fully saturated rings. The molecule has 0 bridgehead atoms. The van der Waals surface area contributed by atoms with E-state index in [-0.39, 0.29) is 6.04 Å². The third-order valence-electron chi connectivity index (χ3n) is 2.52. The van der Waals surface area contributed by atoms with Gasteiger partial charge in [0.05, 0.1) is 4.47 Å². The summed E-state index contributed by atoms with van der Waals surface area (Å²) in [6.45, 7) is 1.95. The van der Waals surface area contributed by atoms with Gasteiger partial charge in [-0.2, -0.15) is 0 Å². The van der Waals surface area contributed by atoms with Gasteiger partial charge in [-0.1, -0.05) is 17.7 Å². The molecule has 18 heavy (non-hydrogen) atoms. The molecule has 1 unspecified atom stereocenters. The van der Waals surface area contributed by atoms with Crippen molar-refractivity contribution in [2.24, 2.45) is 5.73 Å². The Bertz CT molecular complexity index is 540. The number of rotatable bonds is 3. The van der Waals surface area contributed by atoms with Crippen molar-refractivity contribution in [1.82, 2.24) is 0 Å². The zero-order valence-corrected chi connectivity index (χ0v) is 12.2. The maximum Gasteiger partial charge on any atom is 0.141 e. The third-order valence-corrected chi connectivity index (χ3v) is 3.39. The number of nitrogens with two attached hydrogens (primary N) is 1. The summed E-state index contributed by atoms with van der Waals surface area (Å²) >= 11 is 9.30. The summed E-state index contributed by atoms with van der Waals surface area (Å²) in [6, 6.07) is 13.1. The molecule has 0 aliphatic carbocycles. The van der Waals surface area contributed by atoms with Crippen LogP contribution >= 0.6 is 27.5 Å². The molecular weight excluding hydrogens is 314 g/mol. The molecule has 0 spiro atoms. The maximum atomic E-state index is 5.83. The van der Waals surface area contributed by atoms with Crippen molar-refractivity contribution < 1.29 is 4.74 Å². The molecule has 0 saturated carbocycles. The lowest BCUT2D eigenvalue weighted by Crippen LogP contribution is -2.04. The lowest BCUT2D eigenvalue weighted by atomic mass is 10.1. The van der Waals surface area contributed by atoms with Crippen molar-refractivity contribution in [3.63, 3.8) is 0 Å². The molecule has 2 nitrogen and oxygen atoms in total. The van der Waals surface area contributed by atoms with Crippen LogP contribution in [0.3, 0.4) is 0 Å². The number of ether oxygens (including phenoxy) is 1. The zero-order chi connectivity index (χ0) is 13.1. The minimum Gasteiger partial charge on any atom is -0.456 e. The maximum absolute atomic E-state index is 5.83. The summed E-state index contributed by atoms with van der Waals surface area (Å²) in [5.74, 6) is 1.50. The van der Waals surface area contributed by atoms with E-state index in [0.29, 0.717) is 5.02 Å². The first kappa shape index (κ1) is 13.4. The Morgan fingerprint density at radius 1 is 1.17 bits per heavy atom. The Morgan fingerprint density at radius 2 is 1.83 bits per heavy atom. The molecule has 2 N–H and O–H groups in total. The monoisotopic (exact) mass is 325 g/mol. The fourth-order valence-corrected chi connectivity index (χ4v) is 2.12. The molecule has 0 saturated heterocycles. The van der Waals surface area contributed by atoms with Crippen molar-refractivity contribution in [3.8, 4) is 11.5 Å². The first-order chi connectivity index (χ1) is 8.56. The highest BCUT2D eigenvalue weighted by Crippen LogP contribution is 2.32. The molecule has 0 aliphatic heterocycles. The van der Waals surface area contributed by atoms with Crippen LogP contribution in [0.5, 0.6) is 11.5 Å². The predicted octanol–water partition coefficient (Wildman–Crippen LogP) is 4.91. The van der Waals surface area contributed by atoms with Crippen molar-refractivity contribution >= 4 is 27.5 Å². The fourth-order valence-electron chi connectivity index (χ4n) is 1.51. The Balaban J connectivity index is 2.22. The smallest absolute Gasteiger partial charge is 0.141 e. The van der Waals surface area contributed by atoms with Crippen molar-refractivity contribution in [2.75, 3.05) is 0 Å². The van der Waals surface area contributed by atoms with E-state index in [4.69, 9.17) is 22.1 Å². The van der Waals surface area contributed by atoms with Gasteiger partial charge in [0.1, 0.15) is 11.5 Å². The van der Waals surface area contributed by atoms with Crippen molar-refractivity contribution in [1.29, 1.82) is 0 Å². The quantitative estimate of drug-likeness (QED) is 0.869. The van der Waals surface area contributed by atoms with Gasteiger partial charge in [0.15, 0.2) is 0 Å². The second-order valence-electron chi connectivity index (χ2n) is 4.03. The summed E-state index contributed by atoms with van der Waals surface area (Å²) < 4.78 is 6.63. The highest BCUT2D eigenvalue weighted by atomic mass is 79.9. The molecule has 94 valence electrons. The molecule has 0 aromatic heterocycles. The molecule has 0 aliphatic rings. The van der Waals surface area contributed by atoms with Crippen LogP contribution < -0.4 is 10.5 Å². The van der Waals surface area contributed by atoms with Gasteiger partial charge in [0.25, 0.3) is 0 Å². The summed E-state index contributed by atoms with van der Waals surface area (Å²) in [7, 11) is 0. The summed E-state index contributed by atoms with van der Waals surface area (Å²) in [5, 5.41) is 0.689. The van der Waals surface area contributed by atoms with Gasteiger partial charge in [-0.3, -0.25) is 0 Å². The highest BCUT2D eigenvalue weighted by Gasteiger charge is 2.06. The molecule has 2 aromatic rings. The largest absolute Gasteiger partial charge is 0.456 e. The number of hydrogen-bond acceptors (Lipinski definition) is 2. The van der Waals surface area contributed by atoms with Crippen LogP contribution in [0, 0.1) is 0 Å². The van der Waals surface area contributed by atoms with Crippen LogP contribution in [-0.4, -0.2) is 0 Å². The van der Waals surface area contributed by atoms with Gasteiger partial charge in [-0.25, -0.2) is 0 Å². The predicted molar refractivity (Wildman–Crippen MR) is 78.3 cm³/mol. The molecule has 0 amide bonds. The SMILES string of the molecule is CC(N)c1ccc(Oc2ccc(Cl)cc2)c(Br)c1. The zero-order valence-electron chi connectivity index (χ0n) is 9.86. The summed E-state index contributed by atoms with van der Waals surface area (Å²) in [6.07, 6.45) is 0. The molecule has 0 radical (unpaired) electrons. The molecule has 1 atom stereocenters. The standard InChI is InChI=1S/C14H13BrClNO/c1-9(17)10-2-7-14(13(15)8-10)18-12-5-3-11(16)4-6-12/h2-9H,17H2,1H3. The second kappa shape index (κ2) is 5.74. The van der Waals surface area contributed by atoms with Crippen LogP contribution in [0.4, 0.5) is 0 Å². The highest BCUT2D eigenvalue weighted by molar-refractivity contribution is 9.10. The lowest BCUT2D eigenvalue weighted by Gasteiger charge is -2.11. The normalized spacial score (nSPS) is 12.2. The minimum atomic E-state index is 0.00545. The van der Waals surface area contributed by atoms with E-state index >= 15 is 0 Å². The van der Waals surface area contributed by atoms with Crippen LogP contribution in [0.1, 0.15) is 18.5 Å². The van der Waals surface area contributed by atoms with Crippen molar-refractivity contribution in [2.45, 2.75) is 13.0 Å². The Hall–Kier alpha value is -1.03. The van der Waals surface area contributed by atoms with E-state index in [1.165, 1.54) is 0 Å². The third kappa shape index (κ3) is 3.25. The van der Waals surface area contributed by atoms with Gasteiger partial charge in [0, 0.05) is 11.1 Å². The van der Waals surface area contributed by atoms with Gasteiger partial charge in [-0.15, -0.1) is 0 Å². The topological polar surface area (TPSA) is 35.2 Å². The van der Waals surface area contributed by atoms with Crippen LogP contribution in [-0.2, 0) is 0 Å². The molecule has 2 rings (SSSR count). The number of hydrogen-bond donors (Lipinski definition) is 1. The Morgan fingerprint density at radius 3 is 2.39 bits per heavy atom. The first-order valence-corrected chi connectivity index (χ1v) is 6.72. The second-order valence-corrected chi connectivity index (χ2v) is 5.33. The molecule has 2 aromatic carbocycles. The average Bonchev–Trinajstić information content (AvgIpc) is 2.34. The van der Waals surface area contributed by atoms with Crippen LogP contribution in [0.2, 0.25) is 5.02 Å². The summed E-state index contributed by atoms with van der Waals surface area (Å²) in [4.78, 5) is 0. The van der Waals surface area contributed by atoms with Crippen LogP contribution in [0.15, 0.2) is 46.9 Å².